The molecule has 4 fully saturated rings. The number of hydrogen-bond acceptors (Lipinski definition) is 5. The molecule has 5 heteroatoms. The van der Waals surface area contributed by atoms with Crippen molar-refractivity contribution < 1.29 is 25.5 Å². The molecule has 0 amide bonds. The number of aryl methyl sites for hydroxylation is 5. The highest BCUT2D eigenvalue weighted by Crippen LogP contribution is 2.63. The number of hydrogen-bond donors (Lipinski definition) is 5. The van der Waals surface area contributed by atoms with Gasteiger partial charge in [-0.25, -0.2) is 0 Å². The van der Waals surface area contributed by atoms with E-state index in [-0.39, 0.29) is 51.4 Å². The Labute approximate surface area is 704 Å². The van der Waals surface area contributed by atoms with Gasteiger partial charge in [0.2, 0.25) is 0 Å². The zero-order chi connectivity index (χ0) is 86.4. The molecule has 2 unspecified atom stereocenters. The van der Waals surface area contributed by atoms with Gasteiger partial charge < -0.3 is 25.5 Å². The normalized spacial score (nSPS) is 18.3. The third-order valence-electron chi connectivity index (χ3n) is 22.4. The van der Waals surface area contributed by atoms with Gasteiger partial charge in [-0.3, -0.25) is 0 Å². The van der Waals surface area contributed by atoms with Gasteiger partial charge >= 0.3 is 0 Å². The van der Waals surface area contributed by atoms with Crippen LogP contribution in [0.4, 0.5) is 0 Å². The van der Waals surface area contributed by atoms with Crippen LogP contribution in [0.15, 0.2) is 237 Å². The fourth-order valence-electron chi connectivity index (χ4n) is 18.0. The Morgan fingerprint density at radius 2 is 0.496 bits per heavy atom. The molecule has 10 aromatic rings. The molecule has 7 aliphatic rings. The Bertz CT molecular complexity index is 3930. The lowest BCUT2D eigenvalue weighted by molar-refractivity contribution is 0.0198. The Balaban J connectivity index is 0.000000687. The topological polar surface area (TPSA) is 101 Å². The average Bonchev–Trinajstić information content (AvgIpc) is 1.53. The van der Waals surface area contributed by atoms with Gasteiger partial charge in [-0.1, -0.05) is 377 Å². The minimum Gasteiger partial charge on any atom is -0.508 e. The second-order valence-electron chi connectivity index (χ2n) is 31.4. The van der Waals surface area contributed by atoms with E-state index in [0.717, 1.165) is 30.4 Å². The summed E-state index contributed by atoms with van der Waals surface area (Å²) in [5.41, 5.74) is 20.6. The molecule has 5 nitrogen and oxygen atoms in total. The lowest BCUT2D eigenvalue weighted by atomic mass is 9.56. The molecule has 115 heavy (non-hydrogen) atoms. The zero-order valence-corrected chi connectivity index (χ0v) is 76.9. The molecular weight excluding hydrogens is 1400 g/mol. The first-order valence-electron chi connectivity index (χ1n) is 44.0. The van der Waals surface area contributed by atoms with Gasteiger partial charge in [0.25, 0.3) is 0 Å². The predicted molar refractivity (Wildman–Crippen MR) is 506 cm³/mol. The standard InChI is InChI=1S/C23H22O2.C22H26O.C21H20O.C10H16.C8H10.C7H8O.9C2H6.CH4/c1-22(2)15-23(16-7-11-18(24)12-8-16,17-9-13-19(25)14-10-17)21-6-4-3-5-20(21)22;1-14-6-8-16-18(10-14)22(12-20(16,2)3)13-21(4,5)17-9-7-15(23)11-19(17)22;1-16-8-10-18(11-9-16)21(2,17-6-4-3-5-7-17)19-12-14-20(22)15-13-19;1-7-2-9-4-8(1)5-10(3-7)6-9;1-7-3-5-8(2)6-4-7;1-6-2-4-7(8)5-3-6;9*1-2;/h3-14,24-25H,15H2,1-2H3;6-11,23H,12-13H2,1-5H3;3-15,22H,1-2H3;7-10H,1-6H2;3-6H,1-2H3;2-5,8H,1H3;9*1-2H3;1H4. The molecule has 0 radical (unpaired) electrons. The van der Waals surface area contributed by atoms with Crippen LogP contribution < -0.4 is 0 Å². The Morgan fingerprint density at radius 1 is 0.252 bits per heavy atom. The number of phenols is 5. The predicted octanol–water partition coefficient (Wildman–Crippen LogP) is 32.2. The van der Waals surface area contributed by atoms with Crippen molar-refractivity contribution in [3.63, 3.8) is 0 Å². The molecule has 7 aliphatic carbocycles. The smallest absolute Gasteiger partial charge is 0.115 e. The van der Waals surface area contributed by atoms with Crippen LogP contribution in [0.3, 0.4) is 0 Å². The SMILES string of the molecule is C.C1C2CC3CC1CC(C2)C3.CC.CC.CC.CC.CC.CC.CC.CC.CC.CC1(C)CC(c2ccc(O)cc2)(c2ccc(O)cc2)c2ccccc21.Cc1ccc(C(C)(c2ccccc2)c2ccc(O)cc2)cc1.Cc1ccc(C)cc1.Cc1ccc(O)cc1.Cc1ccc2c(c1)C1(CC2(C)C)CC(C)(C)c2ccc(O)cc21. The first-order valence-corrected chi connectivity index (χ1v) is 44.0. The molecule has 1 spiro atoms. The van der Waals surface area contributed by atoms with Crippen LogP contribution in [0.5, 0.6) is 28.7 Å². The van der Waals surface area contributed by atoms with Crippen molar-refractivity contribution in [1.29, 1.82) is 0 Å². The van der Waals surface area contributed by atoms with Gasteiger partial charge in [0.15, 0.2) is 0 Å². The van der Waals surface area contributed by atoms with E-state index >= 15 is 0 Å². The molecule has 10 aromatic carbocycles. The third-order valence-corrected chi connectivity index (χ3v) is 22.4. The summed E-state index contributed by atoms with van der Waals surface area (Å²) in [6, 6.07) is 78.9. The summed E-state index contributed by atoms with van der Waals surface area (Å²) in [6.07, 6.45) is 12.8. The van der Waals surface area contributed by atoms with Gasteiger partial charge in [0.05, 0.1) is 0 Å². The van der Waals surface area contributed by atoms with E-state index in [1.807, 2.05) is 198 Å². The lowest BCUT2D eigenvalue weighted by Gasteiger charge is -2.49. The molecule has 0 aromatic heterocycles. The number of fused-ring (bicyclic) bond motifs is 5. The minimum absolute atomic E-state index is 0. The molecule has 630 valence electrons. The van der Waals surface area contributed by atoms with Crippen LogP contribution in [0, 0.1) is 58.3 Å². The largest absolute Gasteiger partial charge is 0.508 e. The van der Waals surface area contributed by atoms with Crippen molar-refractivity contribution in [2.75, 3.05) is 0 Å². The van der Waals surface area contributed by atoms with Gasteiger partial charge in [0.1, 0.15) is 28.7 Å². The molecule has 4 saturated carbocycles. The summed E-state index contributed by atoms with van der Waals surface area (Å²) in [5.74, 6) is 6.27. The van der Waals surface area contributed by atoms with E-state index in [2.05, 4.69) is 197 Å². The highest BCUT2D eigenvalue weighted by Gasteiger charge is 2.56. The van der Waals surface area contributed by atoms with E-state index < -0.39 is 0 Å². The fourth-order valence-corrected chi connectivity index (χ4v) is 18.0. The second kappa shape index (κ2) is 50.6. The van der Waals surface area contributed by atoms with Gasteiger partial charge in [-0.2, -0.15) is 0 Å². The zero-order valence-electron chi connectivity index (χ0n) is 76.9. The maximum atomic E-state index is 10.1. The van der Waals surface area contributed by atoms with E-state index in [1.165, 1.54) is 102 Å². The summed E-state index contributed by atoms with van der Waals surface area (Å²) in [4.78, 5) is 0. The molecular formula is C110H160O5. The molecule has 0 aliphatic heterocycles. The quantitative estimate of drug-likeness (QED) is 0.111. The van der Waals surface area contributed by atoms with Crippen LogP contribution in [0.25, 0.3) is 0 Å². The van der Waals surface area contributed by atoms with Crippen LogP contribution >= 0.6 is 0 Å². The monoisotopic (exact) mass is 1560 g/mol. The number of benzene rings is 10. The van der Waals surface area contributed by atoms with Crippen molar-refractivity contribution in [2.45, 2.75) is 305 Å². The lowest BCUT2D eigenvalue weighted by Crippen LogP contribution is -2.38. The molecule has 2 atom stereocenters. The van der Waals surface area contributed by atoms with Gasteiger partial charge in [-0.05, 0) is 261 Å². The van der Waals surface area contributed by atoms with Crippen LogP contribution in [-0.2, 0) is 32.5 Å². The first-order chi connectivity index (χ1) is 54.7. The van der Waals surface area contributed by atoms with Crippen molar-refractivity contribution >= 4 is 0 Å². The summed E-state index contributed by atoms with van der Waals surface area (Å²) in [7, 11) is 0. The Kier molecular flexibility index (Phi) is 45.9. The van der Waals surface area contributed by atoms with Crippen molar-refractivity contribution in [3.8, 4) is 28.7 Å². The summed E-state index contributed by atoms with van der Waals surface area (Å²) in [5, 5.41) is 48.0. The highest BCUT2D eigenvalue weighted by atomic mass is 16.3. The van der Waals surface area contributed by atoms with Crippen molar-refractivity contribution in [1.82, 2.24) is 0 Å². The van der Waals surface area contributed by atoms with Crippen LogP contribution in [0.2, 0.25) is 0 Å². The van der Waals surface area contributed by atoms with Gasteiger partial charge in [0, 0.05) is 16.2 Å². The summed E-state index contributed by atoms with van der Waals surface area (Å²) >= 11 is 0. The Morgan fingerprint density at radius 3 is 0.852 bits per heavy atom. The minimum atomic E-state index is -0.290. The first kappa shape index (κ1) is 104. The average molecular weight is 1560 g/mol. The maximum Gasteiger partial charge on any atom is 0.115 e. The summed E-state index contributed by atoms with van der Waals surface area (Å²) < 4.78 is 0. The Hall–Kier alpha value is -8.80. The van der Waals surface area contributed by atoms with Gasteiger partial charge in [-0.15, -0.1) is 0 Å². The van der Waals surface area contributed by atoms with E-state index in [9.17, 15) is 20.4 Å². The molecule has 4 bridgehead atoms. The molecule has 0 heterocycles. The molecule has 5 N–H and O–H groups in total. The second-order valence-corrected chi connectivity index (χ2v) is 31.4. The number of rotatable bonds is 5. The van der Waals surface area contributed by atoms with Crippen LogP contribution in [-0.4, -0.2) is 25.5 Å². The van der Waals surface area contributed by atoms with E-state index in [0.29, 0.717) is 17.2 Å². The summed E-state index contributed by atoms with van der Waals surface area (Å²) in [6.45, 7) is 62.7. The number of phenolic OH excluding ortho intramolecular Hbond substituents is 5. The highest BCUT2D eigenvalue weighted by molar-refractivity contribution is 5.63. The maximum absolute atomic E-state index is 10.1. The molecule has 0 saturated heterocycles. The van der Waals surface area contributed by atoms with Crippen molar-refractivity contribution in [3.05, 3.63) is 326 Å². The number of aromatic hydroxyl groups is 5. The van der Waals surface area contributed by atoms with Crippen LogP contribution in [0.1, 0.15) is 327 Å². The third kappa shape index (κ3) is 26.9. The van der Waals surface area contributed by atoms with E-state index in [4.69, 9.17) is 5.11 Å². The van der Waals surface area contributed by atoms with E-state index in [1.54, 1.807) is 87.1 Å². The van der Waals surface area contributed by atoms with Crippen molar-refractivity contribution in [2.24, 2.45) is 23.7 Å². The fraction of sp³-hybridized carbons (Fsp3) is 0.455. The molecule has 17 rings (SSSR count).